The van der Waals surface area contributed by atoms with Crippen LogP contribution in [-0.2, 0) is 6.54 Å². The van der Waals surface area contributed by atoms with Gasteiger partial charge in [-0.1, -0.05) is 12.6 Å². The third-order valence-electron chi connectivity index (χ3n) is 5.07. The van der Waals surface area contributed by atoms with Crippen LogP contribution in [0.25, 0.3) is 32.4 Å². The Morgan fingerprint density at radius 2 is 1.82 bits per heavy atom. The highest BCUT2D eigenvalue weighted by atomic mass is 35.5. The van der Waals surface area contributed by atoms with Crippen LogP contribution >= 0.6 is 0 Å². The number of nitrogens with zero attached hydrogens (tertiary/aromatic N) is 1. The van der Waals surface area contributed by atoms with Gasteiger partial charge in [-0.05, 0) is 41.8 Å². The van der Waals surface area contributed by atoms with Crippen LogP contribution in [0.1, 0.15) is 0 Å². The Bertz CT molecular complexity index is 1250. The number of aromatic hydroxyl groups is 1. The maximum atomic E-state index is 10.6. The summed E-state index contributed by atoms with van der Waals surface area (Å²) in [5, 5.41) is 15.5. The monoisotopic (exact) mass is 395 g/mol. The number of fused-ring (bicyclic) bond motifs is 6. The Balaban J connectivity index is 0.00000192. The van der Waals surface area contributed by atoms with E-state index in [1.807, 2.05) is 30.5 Å². The number of ether oxygens (including phenoxy) is 3. The van der Waals surface area contributed by atoms with Crippen LogP contribution in [0, 0.1) is 0 Å². The second-order valence-electron chi connectivity index (χ2n) is 6.54. The molecule has 2 heterocycles. The Hall–Kier alpha value is -3.18. The zero-order chi connectivity index (χ0) is 18.5. The van der Waals surface area contributed by atoms with Crippen molar-refractivity contribution in [1.82, 2.24) is 0 Å². The average molecular weight is 396 g/mol. The number of allylic oxidation sites excluding steroid dienone is 1. The van der Waals surface area contributed by atoms with Crippen LogP contribution in [0.3, 0.4) is 0 Å². The van der Waals surface area contributed by atoms with E-state index in [1.54, 1.807) is 13.2 Å². The first kappa shape index (κ1) is 18.2. The molecule has 3 aromatic carbocycles. The molecule has 0 aliphatic carbocycles. The van der Waals surface area contributed by atoms with Gasteiger partial charge >= 0.3 is 0 Å². The maximum absolute atomic E-state index is 10.6. The number of methoxy groups -OCH3 is 1. The number of aromatic nitrogens is 1. The van der Waals surface area contributed by atoms with Crippen molar-refractivity contribution >= 4 is 32.4 Å². The van der Waals surface area contributed by atoms with Crippen LogP contribution in [0.5, 0.6) is 23.0 Å². The number of phenolic OH excluding ortho intramolecular Hbond substituents is 1. The zero-order valence-corrected chi connectivity index (χ0v) is 16.0. The van der Waals surface area contributed by atoms with E-state index in [4.69, 9.17) is 14.2 Å². The lowest BCUT2D eigenvalue weighted by Crippen LogP contribution is -3.00. The summed E-state index contributed by atoms with van der Waals surface area (Å²) >= 11 is 0. The number of pyridine rings is 1. The van der Waals surface area contributed by atoms with Crippen molar-refractivity contribution in [3.63, 3.8) is 0 Å². The summed E-state index contributed by atoms with van der Waals surface area (Å²) in [6.45, 7) is 4.73. The summed E-state index contributed by atoms with van der Waals surface area (Å²) in [6, 6.07) is 11.9. The van der Waals surface area contributed by atoms with E-state index < -0.39 is 0 Å². The van der Waals surface area contributed by atoms with E-state index in [9.17, 15) is 5.11 Å². The molecule has 1 aliphatic rings. The summed E-state index contributed by atoms with van der Waals surface area (Å²) in [7, 11) is 1.55. The van der Waals surface area contributed by atoms with Crippen molar-refractivity contribution in [2.75, 3.05) is 13.9 Å². The molecule has 0 spiro atoms. The van der Waals surface area contributed by atoms with E-state index in [-0.39, 0.29) is 24.9 Å². The Kier molecular flexibility index (Phi) is 4.40. The van der Waals surface area contributed by atoms with E-state index in [0.29, 0.717) is 12.3 Å². The summed E-state index contributed by atoms with van der Waals surface area (Å²) in [5.41, 5.74) is 1.06. The van der Waals surface area contributed by atoms with Crippen LogP contribution in [0.4, 0.5) is 0 Å². The van der Waals surface area contributed by atoms with Crippen molar-refractivity contribution < 1.29 is 36.3 Å². The molecule has 4 aromatic rings. The fourth-order valence-corrected chi connectivity index (χ4v) is 3.85. The number of phenols is 1. The van der Waals surface area contributed by atoms with Crippen LogP contribution in [0.2, 0.25) is 0 Å². The molecule has 0 bridgehead atoms. The van der Waals surface area contributed by atoms with E-state index in [0.717, 1.165) is 43.9 Å². The molecule has 0 fully saturated rings. The number of benzene rings is 3. The SMILES string of the molecule is C=CC[n+]1cc2c(O)c(OC)ccc2c2ccc3cc4c(cc3c21)OCO4.[Cl-]. The summed E-state index contributed by atoms with van der Waals surface area (Å²) < 4.78 is 18.5. The summed E-state index contributed by atoms with van der Waals surface area (Å²) in [5.74, 6) is 2.11. The second-order valence-corrected chi connectivity index (χ2v) is 6.54. The predicted octanol–water partition coefficient (Wildman–Crippen LogP) is 1.07. The lowest BCUT2D eigenvalue weighted by atomic mass is 10.00. The van der Waals surface area contributed by atoms with Crippen molar-refractivity contribution in [2.45, 2.75) is 6.54 Å². The minimum Gasteiger partial charge on any atom is -1.00 e. The fraction of sp³-hybridized carbons (Fsp3) is 0.136. The molecule has 1 N–H and O–H groups in total. The lowest BCUT2D eigenvalue weighted by molar-refractivity contribution is -0.658. The smallest absolute Gasteiger partial charge is 0.231 e. The van der Waals surface area contributed by atoms with E-state index in [2.05, 4.69) is 23.3 Å². The number of rotatable bonds is 3. The Morgan fingerprint density at radius 3 is 2.57 bits per heavy atom. The molecule has 1 aliphatic heterocycles. The fourth-order valence-electron chi connectivity index (χ4n) is 3.85. The Morgan fingerprint density at radius 1 is 1.07 bits per heavy atom. The van der Waals surface area contributed by atoms with Crippen LogP contribution < -0.4 is 31.2 Å². The molecule has 0 radical (unpaired) electrons. The summed E-state index contributed by atoms with van der Waals surface area (Å²) in [6.07, 6.45) is 3.79. The van der Waals surface area contributed by atoms with Gasteiger partial charge in [0.1, 0.15) is 0 Å². The van der Waals surface area contributed by atoms with Gasteiger partial charge in [0, 0.05) is 5.39 Å². The molecular weight excluding hydrogens is 378 g/mol. The highest BCUT2D eigenvalue weighted by Gasteiger charge is 2.22. The quantitative estimate of drug-likeness (QED) is 0.320. The van der Waals surface area contributed by atoms with E-state index >= 15 is 0 Å². The lowest BCUT2D eigenvalue weighted by Gasteiger charge is -2.11. The largest absolute Gasteiger partial charge is 1.00 e. The van der Waals surface area contributed by atoms with Gasteiger partial charge in [-0.25, -0.2) is 0 Å². The molecular formula is C22H18ClNO4. The summed E-state index contributed by atoms with van der Waals surface area (Å²) in [4.78, 5) is 0. The van der Waals surface area contributed by atoms with Gasteiger partial charge in [-0.2, -0.15) is 4.57 Å². The standard InChI is InChI=1S/C22H17NO4.ClH/c1-3-8-23-11-17-14(6-7-18(25-2)22(17)24)15-5-4-13-9-19-20(27-12-26-19)10-16(13)21(15)23;/h3-7,9-11H,1,8,12H2,2H3;1H. The minimum atomic E-state index is 0. The van der Waals surface area contributed by atoms with Gasteiger partial charge in [0.15, 0.2) is 35.7 Å². The topological polar surface area (TPSA) is 51.8 Å². The van der Waals surface area contributed by atoms with Gasteiger partial charge in [-0.15, -0.1) is 0 Å². The van der Waals surface area contributed by atoms with Gasteiger partial charge in [0.2, 0.25) is 12.3 Å². The molecule has 5 rings (SSSR count). The molecule has 142 valence electrons. The molecule has 0 saturated carbocycles. The van der Waals surface area contributed by atoms with Gasteiger partial charge < -0.3 is 31.7 Å². The van der Waals surface area contributed by atoms with Crippen molar-refractivity contribution in [1.29, 1.82) is 0 Å². The van der Waals surface area contributed by atoms with Crippen molar-refractivity contribution in [3.05, 3.63) is 55.3 Å². The highest BCUT2D eigenvalue weighted by Crippen LogP contribution is 2.41. The Labute approximate surface area is 167 Å². The molecule has 5 nitrogen and oxygen atoms in total. The van der Waals surface area contributed by atoms with Crippen molar-refractivity contribution in [3.8, 4) is 23.0 Å². The normalized spacial score (nSPS) is 12.3. The molecule has 0 saturated heterocycles. The molecule has 6 heteroatoms. The van der Waals surface area contributed by atoms with E-state index in [1.165, 1.54) is 0 Å². The molecule has 0 unspecified atom stereocenters. The van der Waals surface area contributed by atoms with Gasteiger partial charge in [0.25, 0.3) is 0 Å². The zero-order valence-electron chi connectivity index (χ0n) is 15.2. The molecule has 0 amide bonds. The minimum absolute atomic E-state index is 0. The first-order chi connectivity index (χ1) is 13.2. The third kappa shape index (κ3) is 2.51. The molecule has 1 aromatic heterocycles. The second kappa shape index (κ2) is 6.77. The maximum Gasteiger partial charge on any atom is 0.231 e. The van der Waals surface area contributed by atoms with Crippen molar-refractivity contribution in [2.24, 2.45) is 0 Å². The number of hydrogen-bond donors (Lipinski definition) is 1. The molecule has 28 heavy (non-hydrogen) atoms. The van der Waals surface area contributed by atoms with Gasteiger partial charge in [0.05, 0.1) is 23.3 Å². The first-order valence-electron chi connectivity index (χ1n) is 8.70. The third-order valence-corrected chi connectivity index (χ3v) is 5.07. The molecule has 0 atom stereocenters. The first-order valence-corrected chi connectivity index (χ1v) is 8.70. The number of hydrogen-bond acceptors (Lipinski definition) is 4. The van der Waals surface area contributed by atoms with Crippen LogP contribution in [0.15, 0.2) is 55.3 Å². The van der Waals surface area contributed by atoms with Crippen LogP contribution in [-0.4, -0.2) is 19.0 Å². The highest BCUT2D eigenvalue weighted by molar-refractivity contribution is 6.15. The number of halogens is 1. The average Bonchev–Trinajstić information content (AvgIpc) is 3.14. The van der Waals surface area contributed by atoms with Gasteiger partial charge in [-0.3, -0.25) is 0 Å². The predicted molar refractivity (Wildman–Crippen MR) is 104 cm³/mol.